The van der Waals surface area contributed by atoms with E-state index in [0.29, 0.717) is 42.1 Å². The number of carbonyl (C=O) groups is 2. The molecule has 7 heteroatoms. The second-order valence-corrected chi connectivity index (χ2v) is 8.64. The Bertz CT molecular complexity index is 674. The fourth-order valence-electron chi connectivity index (χ4n) is 3.43. The monoisotopic (exact) mass is 427 g/mol. The van der Waals surface area contributed by atoms with Crippen LogP contribution in [0.5, 0.6) is 0 Å². The van der Waals surface area contributed by atoms with E-state index in [1.54, 1.807) is 11.0 Å². The number of anilines is 1. The maximum Gasteiger partial charge on any atom is 0.324 e. The fourth-order valence-corrected chi connectivity index (χ4v) is 3.72. The number of rotatable bonds is 7. The van der Waals surface area contributed by atoms with Crippen LogP contribution in [0.25, 0.3) is 0 Å². The molecule has 1 saturated heterocycles. The number of imide groups is 1. The SMILES string of the molecule is CCC[C@@H](CCC(C)C)C(=O)NC(=O)N1CCN(c2ccc(Cl)c(Cl)c2)CC1. The Balaban J connectivity index is 1.86. The quantitative estimate of drug-likeness (QED) is 0.649. The van der Waals surface area contributed by atoms with Gasteiger partial charge in [0, 0.05) is 37.8 Å². The van der Waals surface area contributed by atoms with Crippen LogP contribution >= 0.6 is 23.2 Å². The Labute approximate surface area is 178 Å². The van der Waals surface area contributed by atoms with Gasteiger partial charge in [0.05, 0.1) is 10.0 Å². The molecule has 0 spiro atoms. The van der Waals surface area contributed by atoms with E-state index in [-0.39, 0.29) is 17.9 Å². The molecule has 0 bridgehead atoms. The van der Waals surface area contributed by atoms with Crippen molar-refractivity contribution in [3.63, 3.8) is 0 Å². The molecule has 0 unspecified atom stereocenters. The smallest absolute Gasteiger partial charge is 0.324 e. The van der Waals surface area contributed by atoms with Gasteiger partial charge in [-0.15, -0.1) is 0 Å². The highest BCUT2D eigenvalue weighted by atomic mass is 35.5. The van der Waals surface area contributed by atoms with E-state index in [0.717, 1.165) is 31.4 Å². The molecule has 2 rings (SSSR count). The van der Waals surface area contributed by atoms with Crippen molar-refractivity contribution < 1.29 is 9.59 Å². The van der Waals surface area contributed by atoms with Crippen LogP contribution < -0.4 is 10.2 Å². The number of nitrogens with zero attached hydrogens (tertiary/aromatic N) is 2. The van der Waals surface area contributed by atoms with Crippen molar-refractivity contribution in [1.29, 1.82) is 0 Å². The van der Waals surface area contributed by atoms with E-state index >= 15 is 0 Å². The van der Waals surface area contributed by atoms with Crippen molar-refractivity contribution in [2.45, 2.75) is 46.5 Å². The summed E-state index contributed by atoms with van der Waals surface area (Å²) in [4.78, 5) is 29.0. The average molecular weight is 428 g/mol. The molecule has 0 radical (unpaired) electrons. The Morgan fingerprint density at radius 3 is 2.29 bits per heavy atom. The first kappa shape index (κ1) is 22.8. The van der Waals surface area contributed by atoms with Gasteiger partial charge >= 0.3 is 6.03 Å². The number of urea groups is 1. The highest BCUT2D eigenvalue weighted by Crippen LogP contribution is 2.27. The average Bonchev–Trinajstić information content (AvgIpc) is 2.67. The molecular formula is C21H31Cl2N3O2. The van der Waals surface area contributed by atoms with Crippen LogP contribution in [0.15, 0.2) is 18.2 Å². The lowest BCUT2D eigenvalue weighted by atomic mass is 9.93. The van der Waals surface area contributed by atoms with Crippen LogP contribution in [0.2, 0.25) is 10.0 Å². The van der Waals surface area contributed by atoms with E-state index in [1.807, 2.05) is 12.1 Å². The molecule has 1 N–H and O–H groups in total. The van der Waals surface area contributed by atoms with E-state index in [2.05, 4.69) is 31.0 Å². The van der Waals surface area contributed by atoms with Gasteiger partial charge in [0.15, 0.2) is 0 Å². The number of benzene rings is 1. The van der Waals surface area contributed by atoms with E-state index in [9.17, 15) is 9.59 Å². The standard InChI is InChI=1S/C21H31Cl2N3O2/c1-4-5-16(7-6-15(2)3)20(27)24-21(28)26-12-10-25(11-13-26)17-8-9-18(22)19(23)14-17/h8-9,14-16H,4-7,10-13H2,1-3H3,(H,24,27,28)/t16-/m0/s1. The van der Waals surface area contributed by atoms with Gasteiger partial charge in [-0.2, -0.15) is 0 Å². The van der Waals surface area contributed by atoms with Crippen molar-refractivity contribution in [1.82, 2.24) is 10.2 Å². The van der Waals surface area contributed by atoms with E-state index in [1.165, 1.54) is 0 Å². The van der Waals surface area contributed by atoms with Crippen molar-refractivity contribution in [2.75, 3.05) is 31.1 Å². The summed E-state index contributed by atoms with van der Waals surface area (Å²) in [5, 5.41) is 3.67. The van der Waals surface area contributed by atoms with Gasteiger partial charge in [-0.25, -0.2) is 4.79 Å². The Morgan fingerprint density at radius 2 is 1.71 bits per heavy atom. The molecule has 1 aromatic rings. The number of piperazine rings is 1. The third-order valence-electron chi connectivity index (χ3n) is 5.17. The maximum atomic E-state index is 12.6. The number of halogens is 2. The summed E-state index contributed by atoms with van der Waals surface area (Å²) in [6, 6.07) is 5.26. The minimum Gasteiger partial charge on any atom is -0.368 e. The van der Waals surface area contributed by atoms with Gasteiger partial charge in [0.2, 0.25) is 5.91 Å². The van der Waals surface area contributed by atoms with Gasteiger partial charge in [-0.05, 0) is 37.0 Å². The third kappa shape index (κ3) is 6.56. The first-order chi connectivity index (χ1) is 13.3. The zero-order valence-corrected chi connectivity index (χ0v) is 18.5. The van der Waals surface area contributed by atoms with Crippen LogP contribution in [-0.2, 0) is 4.79 Å². The number of hydrogen-bond donors (Lipinski definition) is 1. The summed E-state index contributed by atoms with van der Waals surface area (Å²) < 4.78 is 0. The lowest BCUT2D eigenvalue weighted by Crippen LogP contribution is -2.53. The van der Waals surface area contributed by atoms with Gasteiger partial charge in [0.1, 0.15) is 0 Å². The van der Waals surface area contributed by atoms with E-state index < -0.39 is 0 Å². The van der Waals surface area contributed by atoms with Crippen LogP contribution in [0.3, 0.4) is 0 Å². The molecule has 1 heterocycles. The number of hydrogen-bond acceptors (Lipinski definition) is 3. The normalized spacial score (nSPS) is 15.6. The highest BCUT2D eigenvalue weighted by Gasteiger charge is 2.25. The predicted octanol–water partition coefficient (Wildman–Crippen LogP) is 5.20. The maximum absolute atomic E-state index is 12.6. The highest BCUT2D eigenvalue weighted by molar-refractivity contribution is 6.42. The summed E-state index contributed by atoms with van der Waals surface area (Å²) in [5.41, 5.74) is 0.988. The number of nitrogens with one attached hydrogen (secondary N) is 1. The molecule has 156 valence electrons. The molecular weight excluding hydrogens is 397 g/mol. The molecule has 1 atom stereocenters. The van der Waals surface area contributed by atoms with Gasteiger partial charge in [0.25, 0.3) is 0 Å². The second-order valence-electron chi connectivity index (χ2n) is 7.82. The van der Waals surface area contributed by atoms with Crippen molar-refractivity contribution in [3.8, 4) is 0 Å². The molecule has 1 aromatic carbocycles. The molecule has 1 fully saturated rings. The second kappa shape index (κ2) is 10.9. The van der Waals surface area contributed by atoms with Crippen LogP contribution in [-0.4, -0.2) is 43.0 Å². The lowest BCUT2D eigenvalue weighted by molar-refractivity contribution is -0.124. The molecule has 5 nitrogen and oxygen atoms in total. The Kier molecular flexibility index (Phi) is 8.90. The largest absolute Gasteiger partial charge is 0.368 e. The Hall–Kier alpha value is -1.46. The van der Waals surface area contributed by atoms with E-state index in [4.69, 9.17) is 23.2 Å². The summed E-state index contributed by atoms with van der Waals surface area (Å²) >= 11 is 12.1. The first-order valence-corrected chi connectivity index (χ1v) is 10.9. The minimum absolute atomic E-state index is 0.0890. The molecule has 0 saturated carbocycles. The Morgan fingerprint density at radius 1 is 1.04 bits per heavy atom. The molecule has 0 aliphatic carbocycles. The van der Waals surface area contributed by atoms with Crippen molar-refractivity contribution in [3.05, 3.63) is 28.2 Å². The van der Waals surface area contributed by atoms with Crippen LogP contribution in [0, 0.1) is 11.8 Å². The minimum atomic E-state index is -0.288. The molecule has 0 aromatic heterocycles. The zero-order chi connectivity index (χ0) is 20.7. The zero-order valence-electron chi connectivity index (χ0n) is 17.0. The van der Waals surface area contributed by atoms with Gasteiger partial charge in [-0.3, -0.25) is 10.1 Å². The summed E-state index contributed by atoms with van der Waals surface area (Å²) in [6.07, 6.45) is 3.58. The lowest BCUT2D eigenvalue weighted by Gasteiger charge is -2.36. The van der Waals surface area contributed by atoms with Crippen LogP contribution in [0.4, 0.5) is 10.5 Å². The van der Waals surface area contributed by atoms with Gasteiger partial charge < -0.3 is 9.80 Å². The molecule has 28 heavy (non-hydrogen) atoms. The molecule has 1 aliphatic rings. The predicted molar refractivity (Wildman–Crippen MR) is 116 cm³/mol. The van der Waals surface area contributed by atoms with Gasteiger partial charge in [-0.1, -0.05) is 56.8 Å². The van der Waals surface area contributed by atoms with Crippen LogP contribution in [0.1, 0.15) is 46.5 Å². The van der Waals surface area contributed by atoms with Crippen molar-refractivity contribution in [2.24, 2.45) is 11.8 Å². The fraction of sp³-hybridized carbons (Fsp3) is 0.619. The molecule has 3 amide bonds. The first-order valence-electron chi connectivity index (χ1n) is 10.1. The molecule has 1 aliphatic heterocycles. The number of amides is 3. The summed E-state index contributed by atoms with van der Waals surface area (Å²) in [7, 11) is 0. The third-order valence-corrected chi connectivity index (χ3v) is 5.90. The summed E-state index contributed by atoms with van der Waals surface area (Å²) in [6.45, 7) is 8.86. The number of carbonyl (C=O) groups excluding carboxylic acids is 2. The topological polar surface area (TPSA) is 52.7 Å². The summed E-state index contributed by atoms with van der Waals surface area (Å²) in [5.74, 6) is 0.325. The van der Waals surface area contributed by atoms with Crippen molar-refractivity contribution >= 4 is 40.8 Å².